The monoisotopic (exact) mass is 614 g/mol. The summed E-state index contributed by atoms with van der Waals surface area (Å²) in [5.41, 5.74) is 4.45. The maximum absolute atomic E-state index is 13.1. The molecule has 5 aromatic rings. The van der Waals surface area contributed by atoms with E-state index >= 15 is 0 Å². The van der Waals surface area contributed by atoms with Gasteiger partial charge in [0.25, 0.3) is 0 Å². The van der Waals surface area contributed by atoms with Crippen molar-refractivity contribution >= 4 is 51.1 Å². The van der Waals surface area contributed by atoms with Gasteiger partial charge in [-0.05, 0) is 68.8 Å². The van der Waals surface area contributed by atoms with E-state index < -0.39 is 5.41 Å². The lowest BCUT2D eigenvalue weighted by molar-refractivity contribution is -0.153. The van der Waals surface area contributed by atoms with Crippen LogP contribution in [0.25, 0.3) is 21.8 Å². The first-order valence-electron chi connectivity index (χ1n) is 14.7. The third-order valence-electron chi connectivity index (χ3n) is 7.23. The number of halogens is 1. The number of nitrogens with zero attached hydrogens (tertiary/aromatic N) is 2. The van der Waals surface area contributed by atoms with Crippen LogP contribution < -0.4 is 4.74 Å². The number of hydrogen-bond donors (Lipinski definition) is 0. The average molecular weight is 615 g/mol. The van der Waals surface area contributed by atoms with E-state index in [4.69, 9.17) is 26.1 Å². The molecule has 224 valence electrons. The summed E-state index contributed by atoms with van der Waals surface area (Å²) < 4.78 is 14.1. The van der Waals surface area contributed by atoms with E-state index in [0.29, 0.717) is 31.2 Å². The SMILES string of the molecule is CCOC(=O)C(C)(C)Cc1c(SC(C)(C)C)c2cc(OCc3ccc4ccccc4n3)ccc2n1Cc1ccc(Cl)cc1. The van der Waals surface area contributed by atoms with Gasteiger partial charge in [-0.1, -0.05) is 68.8 Å². The maximum atomic E-state index is 13.1. The molecule has 5 rings (SSSR count). The lowest BCUT2D eigenvalue weighted by Crippen LogP contribution is -2.30. The van der Waals surface area contributed by atoms with Crippen molar-refractivity contribution in [3.05, 3.63) is 101 Å². The molecule has 2 heterocycles. The fourth-order valence-electron chi connectivity index (χ4n) is 5.16. The maximum Gasteiger partial charge on any atom is 0.311 e. The first-order chi connectivity index (χ1) is 20.4. The molecule has 2 aromatic heterocycles. The van der Waals surface area contributed by atoms with E-state index in [2.05, 4.69) is 61.7 Å². The molecule has 0 spiro atoms. The third-order valence-corrected chi connectivity index (χ3v) is 8.76. The number of hydrogen-bond acceptors (Lipinski definition) is 5. The predicted molar refractivity (Wildman–Crippen MR) is 178 cm³/mol. The van der Waals surface area contributed by atoms with E-state index in [0.717, 1.165) is 49.4 Å². The lowest BCUT2D eigenvalue weighted by Gasteiger charge is -2.26. The van der Waals surface area contributed by atoms with Crippen LogP contribution in [0, 0.1) is 5.41 Å². The van der Waals surface area contributed by atoms with Crippen molar-refractivity contribution in [3.63, 3.8) is 0 Å². The molecule has 0 bridgehead atoms. The zero-order chi connectivity index (χ0) is 30.8. The van der Waals surface area contributed by atoms with E-state index in [1.54, 1.807) is 0 Å². The van der Waals surface area contributed by atoms with Gasteiger partial charge in [0.05, 0.1) is 23.2 Å². The van der Waals surface area contributed by atoms with Crippen molar-refractivity contribution < 1.29 is 14.3 Å². The standard InChI is InChI=1S/C36H39ClN2O3S/c1-7-41-34(40)36(5,6)21-32-33(43-35(2,3)4)29-20-28(42-23-27-17-14-25-10-8-9-11-30(25)38-27)18-19-31(29)39(32)22-24-12-15-26(37)16-13-24/h8-20H,7,21-23H2,1-6H3. The molecule has 5 nitrogen and oxygen atoms in total. The van der Waals surface area contributed by atoms with Crippen molar-refractivity contribution in [2.24, 2.45) is 5.41 Å². The van der Waals surface area contributed by atoms with Gasteiger partial charge >= 0.3 is 5.97 Å². The highest BCUT2D eigenvalue weighted by Crippen LogP contribution is 2.44. The van der Waals surface area contributed by atoms with Gasteiger partial charge in [-0.25, -0.2) is 4.98 Å². The van der Waals surface area contributed by atoms with E-state index in [1.807, 2.05) is 75.0 Å². The molecular weight excluding hydrogens is 576 g/mol. The van der Waals surface area contributed by atoms with Crippen molar-refractivity contribution in [1.82, 2.24) is 9.55 Å². The zero-order valence-corrected chi connectivity index (χ0v) is 27.3. The number of fused-ring (bicyclic) bond motifs is 2. The Morgan fingerprint density at radius 2 is 1.70 bits per heavy atom. The second-order valence-corrected chi connectivity index (χ2v) is 14.7. The summed E-state index contributed by atoms with van der Waals surface area (Å²) in [6.07, 6.45) is 0.531. The molecule has 3 aromatic carbocycles. The fraction of sp³-hybridized carbons (Fsp3) is 0.333. The second-order valence-electron chi connectivity index (χ2n) is 12.4. The zero-order valence-electron chi connectivity index (χ0n) is 25.7. The van der Waals surface area contributed by atoms with Crippen LogP contribution in [0.5, 0.6) is 5.75 Å². The minimum absolute atomic E-state index is 0.0614. The summed E-state index contributed by atoms with van der Waals surface area (Å²) in [5.74, 6) is 0.579. The van der Waals surface area contributed by atoms with E-state index in [-0.39, 0.29) is 10.7 Å². The Labute approximate surface area is 263 Å². The molecule has 0 fully saturated rings. The average Bonchev–Trinajstić information content (AvgIpc) is 3.22. The van der Waals surface area contributed by atoms with Gasteiger partial charge in [-0.15, -0.1) is 11.8 Å². The number of thioether (sulfide) groups is 1. The fourth-order valence-corrected chi connectivity index (χ4v) is 6.47. The Bertz CT molecular complexity index is 1750. The van der Waals surface area contributed by atoms with E-state index in [1.165, 1.54) is 0 Å². The topological polar surface area (TPSA) is 53.4 Å². The number of ether oxygens (including phenoxy) is 2. The second kappa shape index (κ2) is 12.6. The third kappa shape index (κ3) is 7.36. The molecule has 43 heavy (non-hydrogen) atoms. The summed E-state index contributed by atoms with van der Waals surface area (Å²) >= 11 is 8.03. The van der Waals surface area contributed by atoms with E-state index in [9.17, 15) is 4.79 Å². The van der Waals surface area contributed by atoms with Crippen LogP contribution in [-0.2, 0) is 29.1 Å². The van der Waals surface area contributed by atoms with Gasteiger partial charge < -0.3 is 14.0 Å². The smallest absolute Gasteiger partial charge is 0.311 e. The molecule has 0 aliphatic heterocycles. The predicted octanol–water partition coefficient (Wildman–Crippen LogP) is 9.49. The Morgan fingerprint density at radius 3 is 2.42 bits per heavy atom. The molecular formula is C36H39ClN2O3S. The summed E-state index contributed by atoms with van der Waals surface area (Å²) in [7, 11) is 0. The molecule has 0 aliphatic carbocycles. The van der Waals surface area contributed by atoms with Gasteiger partial charge in [0.2, 0.25) is 0 Å². The quantitative estimate of drug-likeness (QED) is 0.116. The van der Waals surface area contributed by atoms with Gasteiger partial charge in [0.1, 0.15) is 12.4 Å². The van der Waals surface area contributed by atoms with Crippen molar-refractivity contribution in [2.75, 3.05) is 6.61 Å². The molecule has 0 N–H and O–H groups in total. The Morgan fingerprint density at radius 1 is 0.953 bits per heavy atom. The van der Waals surface area contributed by atoms with Crippen LogP contribution in [0.4, 0.5) is 0 Å². The van der Waals surface area contributed by atoms with Gasteiger partial charge in [-0.3, -0.25) is 4.79 Å². The van der Waals surface area contributed by atoms with Crippen LogP contribution in [0.1, 0.15) is 58.5 Å². The summed E-state index contributed by atoms with van der Waals surface area (Å²) in [4.78, 5) is 19.0. The van der Waals surface area contributed by atoms with Crippen molar-refractivity contribution in [1.29, 1.82) is 0 Å². The van der Waals surface area contributed by atoms with Gasteiger partial charge in [-0.2, -0.15) is 0 Å². The molecule has 0 amide bonds. The summed E-state index contributed by atoms with van der Waals surface area (Å²) in [5, 5.41) is 2.92. The van der Waals surface area contributed by atoms with Crippen LogP contribution in [0.2, 0.25) is 5.02 Å². The van der Waals surface area contributed by atoms with Crippen LogP contribution in [0.15, 0.2) is 83.8 Å². The molecule has 0 saturated carbocycles. The number of aromatic nitrogens is 2. The van der Waals surface area contributed by atoms with Crippen molar-refractivity contribution in [2.45, 2.75) is 70.8 Å². The van der Waals surface area contributed by atoms with Crippen LogP contribution in [0.3, 0.4) is 0 Å². The lowest BCUT2D eigenvalue weighted by atomic mass is 9.87. The minimum atomic E-state index is -0.712. The van der Waals surface area contributed by atoms with Gasteiger partial charge in [0.15, 0.2) is 0 Å². The largest absolute Gasteiger partial charge is 0.487 e. The van der Waals surface area contributed by atoms with Gasteiger partial charge in [0, 0.05) is 49.6 Å². The molecule has 7 heteroatoms. The van der Waals surface area contributed by atoms with Crippen LogP contribution in [-0.4, -0.2) is 26.9 Å². The molecule has 0 radical (unpaired) electrons. The highest BCUT2D eigenvalue weighted by atomic mass is 35.5. The molecule has 0 atom stereocenters. The molecule has 0 unspecified atom stereocenters. The first kappa shape index (κ1) is 31.0. The number of carbonyl (C=O) groups excluding carboxylic acids is 1. The number of esters is 1. The summed E-state index contributed by atoms with van der Waals surface area (Å²) in [6, 6.07) is 26.4. The first-order valence-corrected chi connectivity index (χ1v) is 15.9. The molecule has 0 aliphatic rings. The number of pyridine rings is 1. The summed E-state index contributed by atoms with van der Waals surface area (Å²) in [6.45, 7) is 13.8. The number of benzene rings is 3. The highest BCUT2D eigenvalue weighted by molar-refractivity contribution is 8.00. The highest BCUT2D eigenvalue weighted by Gasteiger charge is 2.34. The normalized spacial score (nSPS) is 12.2. The molecule has 0 saturated heterocycles. The Kier molecular flexibility index (Phi) is 9.10. The number of carbonyl (C=O) groups is 1. The number of rotatable bonds is 10. The Balaban J connectivity index is 1.58. The minimum Gasteiger partial charge on any atom is -0.487 e. The van der Waals surface area contributed by atoms with Crippen molar-refractivity contribution in [3.8, 4) is 5.75 Å². The van der Waals surface area contributed by atoms with Crippen LogP contribution >= 0.6 is 23.4 Å². The Hall–Kier alpha value is -3.48. The number of para-hydroxylation sites is 1.